The highest BCUT2D eigenvalue weighted by Gasteiger charge is 2.33. The van der Waals surface area contributed by atoms with E-state index < -0.39 is 5.25 Å². The van der Waals surface area contributed by atoms with Crippen LogP contribution in [0.3, 0.4) is 0 Å². The molecule has 2 heterocycles. The van der Waals surface area contributed by atoms with Crippen LogP contribution < -0.4 is 5.32 Å². The van der Waals surface area contributed by atoms with Crippen molar-refractivity contribution in [3.05, 3.63) is 35.4 Å². The lowest BCUT2D eigenvalue weighted by Crippen LogP contribution is -2.42. The second kappa shape index (κ2) is 8.26. The van der Waals surface area contributed by atoms with Gasteiger partial charge >= 0.3 is 0 Å². The topological polar surface area (TPSA) is 83.4 Å². The molecule has 1 aromatic rings. The van der Waals surface area contributed by atoms with E-state index in [1.165, 1.54) is 17.3 Å². The molecular formula is C17H20N4O3S. The first-order valence-corrected chi connectivity index (χ1v) is 9.00. The number of aryl methyl sites for hydroxylation is 1. The number of carbonyl (C=O) groups excluding carboxylic acids is 2. The van der Waals surface area contributed by atoms with Crippen LogP contribution in [0.15, 0.2) is 34.5 Å². The molecule has 2 fully saturated rings. The van der Waals surface area contributed by atoms with Crippen molar-refractivity contribution < 1.29 is 14.3 Å². The second-order valence-corrected chi connectivity index (χ2v) is 7.04. The van der Waals surface area contributed by atoms with Gasteiger partial charge in [-0.05, 0) is 12.5 Å². The van der Waals surface area contributed by atoms with Crippen LogP contribution in [0.5, 0.6) is 0 Å². The van der Waals surface area contributed by atoms with Crippen molar-refractivity contribution in [2.24, 2.45) is 10.2 Å². The molecule has 2 aliphatic rings. The van der Waals surface area contributed by atoms with Crippen molar-refractivity contribution in [1.82, 2.24) is 10.2 Å². The van der Waals surface area contributed by atoms with Crippen LogP contribution in [-0.4, -0.2) is 59.6 Å². The predicted octanol–water partition coefficient (Wildman–Crippen LogP) is 1.17. The summed E-state index contributed by atoms with van der Waals surface area (Å²) in [5.74, 6) is -0.226. The number of ether oxygens (including phenoxy) is 1. The van der Waals surface area contributed by atoms with Crippen LogP contribution in [0.25, 0.3) is 0 Å². The minimum atomic E-state index is -0.455. The molecule has 0 aliphatic carbocycles. The van der Waals surface area contributed by atoms with Crippen LogP contribution in [0.4, 0.5) is 0 Å². The van der Waals surface area contributed by atoms with Gasteiger partial charge in [0.05, 0.1) is 19.4 Å². The molecule has 1 aromatic carbocycles. The maximum absolute atomic E-state index is 12.2. The van der Waals surface area contributed by atoms with E-state index in [1.54, 1.807) is 11.1 Å². The molecule has 2 amide bonds. The molecule has 8 heteroatoms. The number of amides is 2. The molecule has 1 N–H and O–H groups in total. The highest BCUT2D eigenvalue weighted by Crippen LogP contribution is 2.23. The maximum Gasteiger partial charge on any atom is 0.240 e. The van der Waals surface area contributed by atoms with Crippen molar-refractivity contribution in [3.8, 4) is 0 Å². The molecule has 2 saturated heterocycles. The zero-order chi connectivity index (χ0) is 17.6. The van der Waals surface area contributed by atoms with Crippen LogP contribution in [0.1, 0.15) is 17.5 Å². The lowest BCUT2D eigenvalue weighted by Gasteiger charge is -2.27. The summed E-state index contributed by atoms with van der Waals surface area (Å²) in [7, 11) is 0. The summed E-state index contributed by atoms with van der Waals surface area (Å²) >= 11 is 1.25. The largest absolute Gasteiger partial charge is 0.378 e. The fourth-order valence-corrected chi connectivity index (χ4v) is 3.40. The van der Waals surface area contributed by atoms with E-state index in [1.807, 2.05) is 31.2 Å². The van der Waals surface area contributed by atoms with Crippen LogP contribution >= 0.6 is 11.8 Å². The van der Waals surface area contributed by atoms with E-state index in [-0.39, 0.29) is 18.2 Å². The summed E-state index contributed by atoms with van der Waals surface area (Å²) in [5.41, 5.74) is 2.11. The van der Waals surface area contributed by atoms with Gasteiger partial charge < -0.3 is 15.0 Å². The first kappa shape index (κ1) is 17.6. The van der Waals surface area contributed by atoms with Crippen molar-refractivity contribution in [3.63, 3.8) is 0 Å². The number of hydrogen-bond acceptors (Lipinski definition) is 6. The summed E-state index contributed by atoms with van der Waals surface area (Å²) in [6, 6.07) is 7.88. The van der Waals surface area contributed by atoms with Gasteiger partial charge in [-0.25, -0.2) is 0 Å². The van der Waals surface area contributed by atoms with Gasteiger partial charge in [0.25, 0.3) is 0 Å². The average molecular weight is 360 g/mol. The Kier molecular flexibility index (Phi) is 5.83. The molecule has 132 valence electrons. The number of carbonyl (C=O) groups is 2. The molecule has 7 nitrogen and oxygen atoms in total. The average Bonchev–Trinajstić information content (AvgIpc) is 2.97. The number of nitrogens with one attached hydrogen (secondary N) is 1. The lowest BCUT2D eigenvalue weighted by molar-refractivity contribution is -0.136. The Morgan fingerprint density at radius 2 is 2.08 bits per heavy atom. The Morgan fingerprint density at radius 3 is 2.80 bits per heavy atom. The first-order valence-electron chi connectivity index (χ1n) is 8.12. The zero-order valence-electron chi connectivity index (χ0n) is 14.0. The summed E-state index contributed by atoms with van der Waals surface area (Å²) < 4.78 is 5.23. The molecule has 2 aliphatic heterocycles. The standard InChI is InChI=1S/C17H20N4O3S/c1-12-2-4-13(5-3-12)11-18-20-17-19-16(23)14(25-17)10-15(22)21-6-8-24-9-7-21/h2-5,11,14H,6-10H2,1H3,(H,19,20,23)/b18-11-/t14-/m0/s1. The molecule has 3 rings (SSSR count). The molecule has 25 heavy (non-hydrogen) atoms. The third-order valence-electron chi connectivity index (χ3n) is 3.93. The zero-order valence-corrected chi connectivity index (χ0v) is 14.8. The van der Waals surface area contributed by atoms with Crippen molar-refractivity contribution in [1.29, 1.82) is 0 Å². The fourth-order valence-electron chi connectivity index (χ4n) is 2.49. The number of thioether (sulfide) groups is 1. The van der Waals surface area contributed by atoms with Gasteiger partial charge in [0.2, 0.25) is 11.8 Å². The summed E-state index contributed by atoms with van der Waals surface area (Å²) in [6.45, 7) is 4.29. The molecule has 0 bridgehead atoms. The van der Waals surface area contributed by atoms with Gasteiger partial charge in [-0.2, -0.15) is 5.10 Å². The molecule has 0 spiro atoms. The predicted molar refractivity (Wildman–Crippen MR) is 97.7 cm³/mol. The van der Waals surface area contributed by atoms with E-state index >= 15 is 0 Å². The Hall–Kier alpha value is -2.19. The summed E-state index contributed by atoms with van der Waals surface area (Å²) in [4.78, 5) is 26.0. The van der Waals surface area contributed by atoms with Crippen molar-refractivity contribution in [2.45, 2.75) is 18.6 Å². The Labute approximate surface area is 150 Å². The molecular weight excluding hydrogens is 340 g/mol. The summed E-state index contributed by atoms with van der Waals surface area (Å²) in [5, 5.41) is 10.7. The third-order valence-corrected chi connectivity index (χ3v) is 5.01. The van der Waals surface area contributed by atoms with Gasteiger partial charge in [0.1, 0.15) is 5.25 Å². The lowest BCUT2D eigenvalue weighted by atomic mass is 10.2. The van der Waals surface area contributed by atoms with Crippen LogP contribution in [-0.2, 0) is 14.3 Å². The Bertz CT molecular complexity index is 696. The van der Waals surface area contributed by atoms with Crippen LogP contribution in [0.2, 0.25) is 0 Å². The number of rotatable bonds is 4. The second-order valence-electron chi connectivity index (χ2n) is 5.85. The van der Waals surface area contributed by atoms with E-state index in [2.05, 4.69) is 15.5 Å². The van der Waals surface area contributed by atoms with Gasteiger partial charge in [0, 0.05) is 19.5 Å². The Morgan fingerprint density at radius 1 is 1.36 bits per heavy atom. The molecule has 0 saturated carbocycles. The number of hydrogen-bond donors (Lipinski definition) is 1. The van der Waals surface area contributed by atoms with E-state index in [9.17, 15) is 9.59 Å². The van der Waals surface area contributed by atoms with E-state index in [0.29, 0.717) is 31.5 Å². The molecule has 0 radical (unpaired) electrons. The third kappa shape index (κ3) is 4.90. The smallest absolute Gasteiger partial charge is 0.240 e. The molecule has 0 aromatic heterocycles. The normalized spacial score (nSPS) is 22.6. The van der Waals surface area contributed by atoms with Crippen LogP contribution in [0, 0.1) is 6.92 Å². The van der Waals surface area contributed by atoms with Crippen molar-refractivity contribution >= 4 is 35.0 Å². The Balaban J connectivity index is 1.54. The van der Waals surface area contributed by atoms with E-state index in [4.69, 9.17) is 4.74 Å². The van der Waals surface area contributed by atoms with E-state index in [0.717, 1.165) is 5.56 Å². The SMILES string of the molecule is Cc1ccc(/C=N\N=C2/NC(=O)[C@H](CC(=O)N3CCOCC3)S2)cc1. The summed E-state index contributed by atoms with van der Waals surface area (Å²) in [6.07, 6.45) is 1.79. The number of benzene rings is 1. The number of nitrogens with zero attached hydrogens (tertiary/aromatic N) is 3. The monoisotopic (exact) mass is 360 g/mol. The fraction of sp³-hybridized carbons (Fsp3) is 0.412. The maximum atomic E-state index is 12.2. The molecule has 1 atom stereocenters. The number of amidine groups is 1. The minimum Gasteiger partial charge on any atom is -0.378 e. The van der Waals surface area contributed by atoms with Gasteiger partial charge in [-0.15, -0.1) is 5.10 Å². The first-order chi connectivity index (χ1) is 12.1. The minimum absolute atomic E-state index is 0.0274. The molecule has 0 unspecified atom stereocenters. The highest BCUT2D eigenvalue weighted by atomic mass is 32.2. The van der Waals surface area contributed by atoms with Gasteiger partial charge in [0.15, 0.2) is 5.17 Å². The van der Waals surface area contributed by atoms with Gasteiger partial charge in [-0.3, -0.25) is 9.59 Å². The van der Waals surface area contributed by atoms with Gasteiger partial charge in [-0.1, -0.05) is 41.6 Å². The number of morpholine rings is 1. The highest BCUT2D eigenvalue weighted by molar-refractivity contribution is 8.15. The quantitative estimate of drug-likeness (QED) is 0.645. The van der Waals surface area contributed by atoms with Crippen molar-refractivity contribution in [2.75, 3.05) is 26.3 Å².